The summed E-state index contributed by atoms with van der Waals surface area (Å²) in [6.07, 6.45) is 0.780. The van der Waals surface area contributed by atoms with Crippen molar-refractivity contribution >= 4 is 34.6 Å². The second-order valence-corrected chi connectivity index (χ2v) is 9.42. The maximum Gasteiger partial charge on any atom is 0.270 e. The predicted molar refractivity (Wildman–Crippen MR) is 152 cm³/mol. The molecule has 0 bridgehead atoms. The van der Waals surface area contributed by atoms with Crippen molar-refractivity contribution in [3.8, 4) is 5.75 Å². The van der Waals surface area contributed by atoms with Gasteiger partial charge in [-0.2, -0.15) is 0 Å². The molecule has 2 N–H and O–H groups in total. The summed E-state index contributed by atoms with van der Waals surface area (Å²) in [7, 11) is 1.66. The number of piperazine rings is 1. The third-order valence-corrected chi connectivity index (χ3v) is 6.85. The molecule has 1 unspecified atom stereocenters. The molecule has 0 spiro atoms. The van der Waals surface area contributed by atoms with E-state index in [4.69, 9.17) is 4.74 Å². The van der Waals surface area contributed by atoms with Gasteiger partial charge in [0.15, 0.2) is 0 Å². The van der Waals surface area contributed by atoms with Gasteiger partial charge in [0.1, 0.15) is 5.75 Å². The molecule has 0 aromatic heterocycles. The van der Waals surface area contributed by atoms with E-state index in [-0.39, 0.29) is 23.2 Å². The number of rotatable bonds is 9. The van der Waals surface area contributed by atoms with E-state index < -0.39 is 10.8 Å². The molecule has 0 radical (unpaired) electrons. The Morgan fingerprint density at radius 2 is 1.64 bits per heavy atom. The van der Waals surface area contributed by atoms with Gasteiger partial charge in [0, 0.05) is 61.3 Å². The second kappa shape index (κ2) is 12.3. The monoisotopic (exact) mass is 531 g/mol. The minimum Gasteiger partial charge on any atom is -0.495 e. The number of para-hydroxylation sites is 2. The molecule has 204 valence electrons. The van der Waals surface area contributed by atoms with Gasteiger partial charge < -0.3 is 25.2 Å². The highest BCUT2D eigenvalue weighted by atomic mass is 16.6. The zero-order valence-corrected chi connectivity index (χ0v) is 22.3. The van der Waals surface area contributed by atoms with Crippen molar-refractivity contribution in [1.29, 1.82) is 0 Å². The number of nitrogens with zero attached hydrogens (tertiary/aromatic N) is 3. The molecule has 3 aromatic carbocycles. The van der Waals surface area contributed by atoms with E-state index in [9.17, 15) is 19.7 Å². The molecular formula is C29H33N5O5. The largest absolute Gasteiger partial charge is 0.495 e. The van der Waals surface area contributed by atoms with Crippen LogP contribution in [0.15, 0.2) is 66.7 Å². The molecule has 0 saturated carbocycles. The first kappa shape index (κ1) is 27.4. The van der Waals surface area contributed by atoms with Crippen LogP contribution in [0.5, 0.6) is 5.75 Å². The van der Waals surface area contributed by atoms with E-state index in [1.165, 1.54) is 24.3 Å². The number of hydrogen-bond acceptors (Lipinski definition) is 7. The SMILES string of the molecule is CCC(C)NC(=O)c1cc(NC(=O)c2cccc([N+](=O)[O-])c2)ccc1N1CCN(c2ccccc2OC)CC1. The lowest BCUT2D eigenvalue weighted by molar-refractivity contribution is -0.384. The van der Waals surface area contributed by atoms with Crippen LogP contribution in [-0.2, 0) is 0 Å². The van der Waals surface area contributed by atoms with E-state index in [2.05, 4.69) is 20.4 Å². The molecule has 1 aliphatic rings. The quantitative estimate of drug-likeness (QED) is 0.303. The molecule has 10 nitrogen and oxygen atoms in total. The molecule has 2 amide bonds. The normalized spacial score (nSPS) is 13.9. The van der Waals surface area contributed by atoms with Crippen LogP contribution in [0.3, 0.4) is 0 Å². The fraction of sp³-hybridized carbons (Fsp3) is 0.310. The van der Waals surface area contributed by atoms with Gasteiger partial charge in [0.05, 0.1) is 23.3 Å². The van der Waals surface area contributed by atoms with Crippen LogP contribution in [-0.4, -0.2) is 56.1 Å². The van der Waals surface area contributed by atoms with Gasteiger partial charge in [-0.05, 0) is 49.7 Å². The number of carbonyl (C=O) groups is 2. The van der Waals surface area contributed by atoms with Crippen molar-refractivity contribution in [2.24, 2.45) is 0 Å². The summed E-state index contributed by atoms with van der Waals surface area (Å²) >= 11 is 0. The lowest BCUT2D eigenvalue weighted by Gasteiger charge is -2.38. The first-order valence-electron chi connectivity index (χ1n) is 12.9. The summed E-state index contributed by atoms with van der Waals surface area (Å²) in [6, 6.07) is 18.7. The van der Waals surface area contributed by atoms with Crippen LogP contribution in [0.2, 0.25) is 0 Å². The van der Waals surface area contributed by atoms with Crippen LogP contribution < -0.4 is 25.2 Å². The molecule has 1 saturated heterocycles. The molecule has 1 atom stereocenters. The second-order valence-electron chi connectivity index (χ2n) is 9.42. The van der Waals surface area contributed by atoms with Crippen molar-refractivity contribution in [3.05, 3.63) is 88.0 Å². The van der Waals surface area contributed by atoms with E-state index in [1.807, 2.05) is 44.2 Å². The van der Waals surface area contributed by atoms with Crippen LogP contribution in [0.25, 0.3) is 0 Å². The summed E-state index contributed by atoms with van der Waals surface area (Å²) in [4.78, 5) is 41.2. The molecule has 1 fully saturated rings. The summed E-state index contributed by atoms with van der Waals surface area (Å²) in [5.41, 5.74) is 2.69. The van der Waals surface area contributed by atoms with Crippen molar-refractivity contribution in [2.45, 2.75) is 26.3 Å². The Bertz CT molecular complexity index is 1350. The lowest BCUT2D eigenvalue weighted by Crippen LogP contribution is -2.47. The Hall–Kier alpha value is -4.60. The number of anilines is 3. The van der Waals surface area contributed by atoms with Gasteiger partial charge in [-0.25, -0.2) is 0 Å². The molecule has 39 heavy (non-hydrogen) atoms. The molecule has 10 heteroatoms. The van der Waals surface area contributed by atoms with Crippen LogP contribution in [0, 0.1) is 10.1 Å². The molecule has 0 aliphatic carbocycles. The summed E-state index contributed by atoms with van der Waals surface area (Å²) in [5.74, 6) is 0.103. The Balaban J connectivity index is 1.56. The summed E-state index contributed by atoms with van der Waals surface area (Å²) in [6.45, 7) is 6.83. The molecular weight excluding hydrogens is 498 g/mol. The Morgan fingerprint density at radius 1 is 0.949 bits per heavy atom. The average Bonchev–Trinajstić information content (AvgIpc) is 2.97. The van der Waals surface area contributed by atoms with E-state index in [0.29, 0.717) is 24.3 Å². The fourth-order valence-electron chi connectivity index (χ4n) is 4.52. The minimum atomic E-state index is -0.545. The highest BCUT2D eigenvalue weighted by Crippen LogP contribution is 2.31. The number of amides is 2. The van der Waals surface area contributed by atoms with Gasteiger partial charge >= 0.3 is 0 Å². The summed E-state index contributed by atoms with van der Waals surface area (Å²) < 4.78 is 5.53. The highest BCUT2D eigenvalue weighted by molar-refractivity contribution is 6.06. The number of benzene rings is 3. The van der Waals surface area contributed by atoms with Crippen molar-refractivity contribution in [3.63, 3.8) is 0 Å². The Morgan fingerprint density at radius 3 is 2.31 bits per heavy atom. The number of carbonyl (C=O) groups excluding carboxylic acids is 2. The van der Waals surface area contributed by atoms with Crippen LogP contribution >= 0.6 is 0 Å². The number of methoxy groups -OCH3 is 1. The van der Waals surface area contributed by atoms with Gasteiger partial charge in [-0.15, -0.1) is 0 Å². The Labute approximate surface area is 227 Å². The van der Waals surface area contributed by atoms with E-state index >= 15 is 0 Å². The maximum absolute atomic E-state index is 13.3. The zero-order valence-electron chi connectivity index (χ0n) is 22.3. The number of nitro benzene ring substituents is 1. The van der Waals surface area contributed by atoms with Gasteiger partial charge in [-0.1, -0.05) is 25.1 Å². The number of hydrogen-bond donors (Lipinski definition) is 2. The lowest BCUT2D eigenvalue weighted by atomic mass is 10.1. The van der Waals surface area contributed by atoms with Crippen LogP contribution in [0.1, 0.15) is 41.0 Å². The number of non-ortho nitro benzene ring substituents is 1. The highest BCUT2D eigenvalue weighted by Gasteiger charge is 2.24. The predicted octanol–water partition coefficient (Wildman–Crippen LogP) is 4.71. The summed E-state index contributed by atoms with van der Waals surface area (Å²) in [5, 5.41) is 16.9. The van der Waals surface area contributed by atoms with Crippen molar-refractivity contribution in [1.82, 2.24) is 5.32 Å². The first-order valence-corrected chi connectivity index (χ1v) is 12.9. The Kier molecular flexibility index (Phi) is 8.65. The molecule has 3 aromatic rings. The first-order chi connectivity index (χ1) is 18.8. The zero-order chi connectivity index (χ0) is 27.9. The smallest absolute Gasteiger partial charge is 0.270 e. The van der Waals surface area contributed by atoms with Gasteiger partial charge in [0.25, 0.3) is 17.5 Å². The van der Waals surface area contributed by atoms with Gasteiger partial charge in [0.2, 0.25) is 0 Å². The van der Waals surface area contributed by atoms with Crippen LogP contribution in [0.4, 0.5) is 22.7 Å². The topological polar surface area (TPSA) is 117 Å². The average molecular weight is 532 g/mol. The number of nitro groups is 1. The molecule has 1 aliphatic heterocycles. The molecule has 1 heterocycles. The fourth-order valence-corrected chi connectivity index (χ4v) is 4.52. The van der Waals surface area contributed by atoms with Gasteiger partial charge in [-0.3, -0.25) is 19.7 Å². The molecule has 4 rings (SSSR count). The van der Waals surface area contributed by atoms with E-state index in [1.54, 1.807) is 19.2 Å². The number of ether oxygens (including phenoxy) is 1. The van der Waals surface area contributed by atoms with Crippen molar-refractivity contribution < 1.29 is 19.2 Å². The third kappa shape index (κ3) is 6.46. The minimum absolute atomic E-state index is 0.0177. The maximum atomic E-state index is 13.3. The van der Waals surface area contributed by atoms with E-state index in [0.717, 1.165) is 36.6 Å². The number of nitrogens with one attached hydrogen (secondary N) is 2. The third-order valence-electron chi connectivity index (χ3n) is 6.85. The standard InChI is InChI=1S/C29H33N5O5/c1-4-20(2)30-29(36)24-19-22(31-28(35)21-8-7-9-23(18-21)34(37)38)12-13-25(24)32-14-16-33(17-15-32)26-10-5-6-11-27(26)39-3/h5-13,18-20H,4,14-17H2,1-3H3,(H,30,36)(H,31,35). The van der Waals surface area contributed by atoms with Crippen molar-refractivity contribution in [2.75, 3.05) is 48.4 Å².